The summed E-state index contributed by atoms with van der Waals surface area (Å²) in [6.45, 7) is 6.03. The topological polar surface area (TPSA) is 49.0 Å². The second kappa shape index (κ2) is 17.8. The molecule has 0 atom stereocenters. The predicted molar refractivity (Wildman–Crippen MR) is 76.7 cm³/mol. The largest absolute Gasteiger partial charge is 0.385 e. The van der Waals surface area contributed by atoms with Gasteiger partial charge in [0.2, 0.25) is 0 Å². The van der Waals surface area contributed by atoms with E-state index in [9.17, 15) is 0 Å². The van der Waals surface area contributed by atoms with Gasteiger partial charge in [0.05, 0.1) is 26.4 Å². The van der Waals surface area contributed by atoms with Crippen LogP contribution in [-0.2, 0) is 18.9 Å². The summed E-state index contributed by atoms with van der Waals surface area (Å²) in [7, 11) is 3.68. The first-order valence-electron chi connectivity index (χ1n) is 7.28. The molecule has 5 heteroatoms. The minimum Gasteiger partial charge on any atom is -0.385 e. The second-order valence-electron chi connectivity index (χ2n) is 4.35. The molecule has 0 rings (SSSR count). The summed E-state index contributed by atoms with van der Waals surface area (Å²) in [5.41, 5.74) is 0. The van der Waals surface area contributed by atoms with E-state index in [1.807, 2.05) is 7.05 Å². The van der Waals surface area contributed by atoms with Crippen LogP contribution < -0.4 is 5.32 Å². The summed E-state index contributed by atoms with van der Waals surface area (Å²) >= 11 is 0. The number of rotatable bonds is 16. The molecule has 0 spiro atoms. The molecular weight excluding hydrogens is 246 g/mol. The van der Waals surface area contributed by atoms with Gasteiger partial charge in [0.1, 0.15) is 0 Å². The van der Waals surface area contributed by atoms with E-state index in [4.69, 9.17) is 18.9 Å². The second-order valence-corrected chi connectivity index (χ2v) is 4.35. The average Bonchev–Trinajstić information content (AvgIpc) is 2.43. The van der Waals surface area contributed by atoms with Gasteiger partial charge in [-0.1, -0.05) is 0 Å². The Kier molecular flexibility index (Phi) is 17.6. The smallest absolute Gasteiger partial charge is 0.0701 e. The molecule has 0 fully saturated rings. The first-order chi connectivity index (χ1) is 9.41. The summed E-state index contributed by atoms with van der Waals surface area (Å²) in [5.74, 6) is 0. The van der Waals surface area contributed by atoms with E-state index >= 15 is 0 Å². The third-order valence-corrected chi connectivity index (χ3v) is 2.60. The lowest BCUT2D eigenvalue weighted by Crippen LogP contribution is -2.11. The van der Waals surface area contributed by atoms with E-state index in [2.05, 4.69) is 5.32 Å². The van der Waals surface area contributed by atoms with Crippen molar-refractivity contribution < 1.29 is 18.9 Å². The molecule has 1 N–H and O–H groups in total. The van der Waals surface area contributed by atoms with Crippen LogP contribution in [0.3, 0.4) is 0 Å². The van der Waals surface area contributed by atoms with E-state index in [0.717, 1.165) is 39.2 Å². The van der Waals surface area contributed by atoms with Crippen LogP contribution in [0.25, 0.3) is 0 Å². The van der Waals surface area contributed by atoms with Crippen molar-refractivity contribution in [2.24, 2.45) is 0 Å². The summed E-state index contributed by atoms with van der Waals surface area (Å²) in [4.78, 5) is 0. The molecular formula is C14H31NO4. The average molecular weight is 277 g/mol. The first kappa shape index (κ1) is 18.8. The Morgan fingerprint density at radius 3 is 1.79 bits per heavy atom. The van der Waals surface area contributed by atoms with Crippen LogP contribution in [0.5, 0.6) is 0 Å². The lowest BCUT2D eigenvalue weighted by Gasteiger charge is -2.06. The van der Waals surface area contributed by atoms with Gasteiger partial charge in [-0.15, -0.1) is 0 Å². The van der Waals surface area contributed by atoms with Crippen LogP contribution in [0, 0.1) is 0 Å². The van der Waals surface area contributed by atoms with Gasteiger partial charge in [0.15, 0.2) is 0 Å². The highest BCUT2D eigenvalue weighted by atomic mass is 16.5. The number of hydrogen-bond donors (Lipinski definition) is 1. The fourth-order valence-corrected chi connectivity index (χ4v) is 1.53. The van der Waals surface area contributed by atoms with Crippen molar-refractivity contribution in [1.29, 1.82) is 0 Å². The Labute approximate surface area is 117 Å². The molecule has 0 amide bonds. The molecule has 0 radical (unpaired) electrons. The fraction of sp³-hybridized carbons (Fsp3) is 1.00. The zero-order chi connectivity index (χ0) is 14.0. The van der Waals surface area contributed by atoms with Gasteiger partial charge in [0, 0.05) is 26.9 Å². The van der Waals surface area contributed by atoms with Crippen molar-refractivity contribution in [3.63, 3.8) is 0 Å². The molecule has 0 aliphatic heterocycles. The van der Waals surface area contributed by atoms with Gasteiger partial charge in [-0.25, -0.2) is 0 Å². The normalized spacial score (nSPS) is 11.1. The number of nitrogens with one attached hydrogen (secondary N) is 1. The highest BCUT2D eigenvalue weighted by Crippen LogP contribution is 1.94. The Bertz CT molecular complexity index is 142. The van der Waals surface area contributed by atoms with Gasteiger partial charge in [0.25, 0.3) is 0 Å². The Morgan fingerprint density at radius 1 is 0.632 bits per heavy atom. The molecule has 0 aliphatic rings. The molecule has 19 heavy (non-hydrogen) atoms. The summed E-state index contributed by atoms with van der Waals surface area (Å²) < 4.78 is 21.2. The molecule has 0 aliphatic carbocycles. The molecule has 0 saturated carbocycles. The standard InChI is InChI=1S/C14H31NO4/c1-15-7-4-3-5-9-17-11-13-19-14-12-18-10-6-8-16-2/h15H,3-14H2,1-2H3. The van der Waals surface area contributed by atoms with Crippen molar-refractivity contribution in [1.82, 2.24) is 5.32 Å². The zero-order valence-electron chi connectivity index (χ0n) is 12.6. The van der Waals surface area contributed by atoms with Crippen molar-refractivity contribution in [3.8, 4) is 0 Å². The monoisotopic (exact) mass is 277 g/mol. The van der Waals surface area contributed by atoms with Crippen molar-refractivity contribution >= 4 is 0 Å². The van der Waals surface area contributed by atoms with Crippen LogP contribution in [0.15, 0.2) is 0 Å². The van der Waals surface area contributed by atoms with Crippen LogP contribution in [0.1, 0.15) is 25.7 Å². The summed E-state index contributed by atoms with van der Waals surface area (Å²) in [6.07, 6.45) is 4.51. The minimum absolute atomic E-state index is 0.637. The maximum Gasteiger partial charge on any atom is 0.0701 e. The highest BCUT2D eigenvalue weighted by molar-refractivity contribution is 4.43. The Morgan fingerprint density at radius 2 is 1.21 bits per heavy atom. The minimum atomic E-state index is 0.637. The molecule has 0 aromatic carbocycles. The quantitative estimate of drug-likeness (QED) is 0.433. The molecule has 0 unspecified atom stereocenters. The number of unbranched alkanes of at least 4 members (excludes halogenated alkanes) is 2. The van der Waals surface area contributed by atoms with E-state index < -0.39 is 0 Å². The Hall–Kier alpha value is -0.200. The molecule has 0 saturated heterocycles. The SMILES string of the molecule is CNCCCCCOCCOCCOCCCOC. The van der Waals surface area contributed by atoms with Gasteiger partial charge in [-0.3, -0.25) is 0 Å². The van der Waals surface area contributed by atoms with E-state index in [1.165, 1.54) is 12.8 Å². The van der Waals surface area contributed by atoms with Crippen molar-refractivity contribution in [2.45, 2.75) is 25.7 Å². The molecule has 0 aromatic heterocycles. The molecule has 5 nitrogen and oxygen atoms in total. The van der Waals surface area contributed by atoms with Gasteiger partial charge >= 0.3 is 0 Å². The third kappa shape index (κ3) is 17.8. The van der Waals surface area contributed by atoms with Gasteiger partial charge in [-0.2, -0.15) is 0 Å². The molecule has 0 aromatic rings. The van der Waals surface area contributed by atoms with E-state index in [1.54, 1.807) is 7.11 Å². The maximum absolute atomic E-state index is 5.47. The van der Waals surface area contributed by atoms with Crippen LogP contribution in [0.4, 0.5) is 0 Å². The van der Waals surface area contributed by atoms with Crippen molar-refractivity contribution in [3.05, 3.63) is 0 Å². The number of methoxy groups -OCH3 is 1. The first-order valence-corrected chi connectivity index (χ1v) is 7.28. The molecule has 0 heterocycles. The van der Waals surface area contributed by atoms with Crippen LogP contribution >= 0.6 is 0 Å². The molecule has 116 valence electrons. The van der Waals surface area contributed by atoms with Gasteiger partial charge < -0.3 is 24.3 Å². The zero-order valence-corrected chi connectivity index (χ0v) is 12.6. The Balaban J connectivity index is 2.88. The lowest BCUT2D eigenvalue weighted by atomic mass is 10.2. The summed E-state index contributed by atoms with van der Waals surface area (Å²) in [5, 5.41) is 3.13. The lowest BCUT2D eigenvalue weighted by molar-refractivity contribution is 0.0107. The van der Waals surface area contributed by atoms with Crippen LogP contribution in [0.2, 0.25) is 0 Å². The number of ether oxygens (including phenoxy) is 4. The van der Waals surface area contributed by atoms with E-state index in [0.29, 0.717) is 26.4 Å². The summed E-state index contributed by atoms with van der Waals surface area (Å²) in [6, 6.07) is 0. The highest BCUT2D eigenvalue weighted by Gasteiger charge is 1.92. The maximum atomic E-state index is 5.47. The molecule has 0 bridgehead atoms. The van der Waals surface area contributed by atoms with Crippen LogP contribution in [-0.4, -0.2) is 67.0 Å². The third-order valence-electron chi connectivity index (χ3n) is 2.60. The van der Waals surface area contributed by atoms with Gasteiger partial charge in [-0.05, 0) is 39.3 Å². The van der Waals surface area contributed by atoms with Crippen molar-refractivity contribution in [2.75, 3.05) is 67.0 Å². The predicted octanol–water partition coefficient (Wildman–Crippen LogP) is 1.46. The fourth-order valence-electron chi connectivity index (χ4n) is 1.53. The number of hydrogen-bond acceptors (Lipinski definition) is 5. The van der Waals surface area contributed by atoms with E-state index in [-0.39, 0.29) is 0 Å².